The molecule has 2 aromatic rings. The lowest BCUT2D eigenvalue weighted by Gasteiger charge is -2.28. The number of amides is 1. The van der Waals surface area contributed by atoms with Gasteiger partial charge in [0.1, 0.15) is 11.5 Å². The van der Waals surface area contributed by atoms with Crippen LogP contribution in [0.2, 0.25) is 0 Å². The van der Waals surface area contributed by atoms with Gasteiger partial charge in [-0.1, -0.05) is 39.7 Å². The van der Waals surface area contributed by atoms with Gasteiger partial charge in [-0.05, 0) is 75.3 Å². The molecule has 0 aromatic heterocycles. The first-order valence-electron chi connectivity index (χ1n) is 14.3. The molecular formula is C32H44N2O6. The molecule has 1 aliphatic heterocycles. The fourth-order valence-corrected chi connectivity index (χ4v) is 4.87. The summed E-state index contributed by atoms with van der Waals surface area (Å²) < 4.78 is 17.3. The second-order valence-corrected chi connectivity index (χ2v) is 10.2. The standard InChI is InChI=1S/C32H44N2O6/c1-7-10-11-20-39-26-17-14-24(21-27(26)38-6)29-28(30(35)23-12-15-25(16-13-23)40-22(4)5)31(36)32(37)34(29)19-18-33(8-2)9-3/h12-17,21-22,29,35H,7-11,18-20H2,1-6H3. The third kappa shape index (κ3) is 7.36. The van der Waals surface area contributed by atoms with Crippen LogP contribution in [0.25, 0.3) is 5.76 Å². The first kappa shape index (κ1) is 31.0. The Bertz CT molecular complexity index is 1170. The van der Waals surface area contributed by atoms with Crippen LogP contribution >= 0.6 is 0 Å². The SMILES string of the molecule is CCCCCOc1ccc(C2C(=C(O)c3ccc(OC(C)C)cc3)C(=O)C(=O)N2CCN(CC)CC)cc1OC. The molecule has 8 nitrogen and oxygen atoms in total. The molecule has 8 heteroatoms. The molecule has 1 N–H and O–H groups in total. The van der Waals surface area contributed by atoms with Crippen molar-refractivity contribution in [3.63, 3.8) is 0 Å². The molecule has 1 saturated heterocycles. The van der Waals surface area contributed by atoms with Crippen LogP contribution in [0.3, 0.4) is 0 Å². The van der Waals surface area contributed by atoms with Gasteiger partial charge in [0.15, 0.2) is 11.5 Å². The van der Waals surface area contributed by atoms with Crippen molar-refractivity contribution < 1.29 is 28.9 Å². The van der Waals surface area contributed by atoms with E-state index in [0.717, 1.165) is 32.4 Å². The summed E-state index contributed by atoms with van der Waals surface area (Å²) in [7, 11) is 1.57. The number of carbonyl (C=O) groups excluding carboxylic acids is 2. The van der Waals surface area contributed by atoms with Crippen LogP contribution in [0.15, 0.2) is 48.0 Å². The number of unbranched alkanes of at least 4 members (excludes halogenated alkanes) is 2. The van der Waals surface area contributed by atoms with E-state index in [4.69, 9.17) is 14.2 Å². The molecule has 1 atom stereocenters. The molecule has 218 valence electrons. The van der Waals surface area contributed by atoms with E-state index in [1.54, 1.807) is 42.3 Å². The average molecular weight is 553 g/mol. The Morgan fingerprint density at radius 2 is 1.70 bits per heavy atom. The second-order valence-electron chi connectivity index (χ2n) is 10.2. The third-order valence-electron chi connectivity index (χ3n) is 7.10. The van der Waals surface area contributed by atoms with Crippen molar-refractivity contribution in [3.05, 3.63) is 59.2 Å². The predicted octanol–water partition coefficient (Wildman–Crippen LogP) is 5.81. The van der Waals surface area contributed by atoms with E-state index >= 15 is 0 Å². The van der Waals surface area contributed by atoms with E-state index in [1.165, 1.54) is 0 Å². The zero-order chi connectivity index (χ0) is 29.2. The maximum Gasteiger partial charge on any atom is 0.295 e. The van der Waals surface area contributed by atoms with Crippen LogP contribution < -0.4 is 14.2 Å². The topological polar surface area (TPSA) is 88.5 Å². The molecule has 40 heavy (non-hydrogen) atoms. The van der Waals surface area contributed by atoms with Gasteiger partial charge in [-0.25, -0.2) is 0 Å². The summed E-state index contributed by atoms with van der Waals surface area (Å²) in [6, 6.07) is 11.5. The van der Waals surface area contributed by atoms with E-state index in [9.17, 15) is 14.7 Å². The number of likely N-dealkylation sites (tertiary alicyclic amines) is 1. The van der Waals surface area contributed by atoms with E-state index < -0.39 is 17.7 Å². The van der Waals surface area contributed by atoms with Gasteiger partial charge in [-0.3, -0.25) is 9.59 Å². The summed E-state index contributed by atoms with van der Waals surface area (Å²) in [5, 5.41) is 11.4. The van der Waals surface area contributed by atoms with Gasteiger partial charge in [0, 0.05) is 18.7 Å². The fraction of sp³-hybridized carbons (Fsp3) is 0.500. The highest BCUT2D eigenvalue weighted by atomic mass is 16.5. The van der Waals surface area contributed by atoms with E-state index in [1.807, 2.05) is 26.0 Å². The molecule has 0 spiro atoms. The molecule has 1 heterocycles. The molecule has 3 rings (SSSR count). The molecule has 1 fully saturated rings. The Morgan fingerprint density at radius 3 is 2.30 bits per heavy atom. The van der Waals surface area contributed by atoms with Crippen LogP contribution in [0.1, 0.15) is 71.0 Å². The number of nitrogens with zero attached hydrogens (tertiary/aromatic N) is 2. The summed E-state index contributed by atoms with van der Waals surface area (Å²) in [5.41, 5.74) is 1.16. The van der Waals surface area contributed by atoms with Gasteiger partial charge in [-0.15, -0.1) is 0 Å². The summed E-state index contributed by atoms with van der Waals surface area (Å²) in [6.07, 6.45) is 3.11. The first-order valence-corrected chi connectivity index (χ1v) is 14.3. The molecule has 2 aromatic carbocycles. The Morgan fingerprint density at radius 1 is 1.00 bits per heavy atom. The molecule has 1 aliphatic rings. The summed E-state index contributed by atoms with van der Waals surface area (Å²) >= 11 is 0. The highest BCUT2D eigenvalue weighted by Crippen LogP contribution is 2.42. The zero-order valence-corrected chi connectivity index (χ0v) is 24.7. The molecule has 1 amide bonds. The Labute approximate surface area is 238 Å². The molecule has 0 aliphatic carbocycles. The lowest BCUT2D eigenvalue weighted by atomic mass is 9.95. The third-order valence-corrected chi connectivity index (χ3v) is 7.10. The lowest BCUT2D eigenvalue weighted by molar-refractivity contribution is -0.140. The average Bonchev–Trinajstić information content (AvgIpc) is 3.20. The molecule has 0 radical (unpaired) electrons. The number of hydrogen-bond donors (Lipinski definition) is 1. The van der Waals surface area contributed by atoms with Gasteiger partial charge in [-0.2, -0.15) is 0 Å². The summed E-state index contributed by atoms with van der Waals surface area (Å²) in [6.45, 7) is 13.3. The number of hydrogen-bond acceptors (Lipinski definition) is 7. The van der Waals surface area contributed by atoms with E-state index in [2.05, 4.69) is 25.7 Å². The van der Waals surface area contributed by atoms with Crippen molar-refractivity contribution in [2.75, 3.05) is 39.9 Å². The number of ketones is 1. The van der Waals surface area contributed by atoms with Gasteiger partial charge >= 0.3 is 0 Å². The number of ether oxygens (including phenoxy) is 3. The predicted molar refractivity (Wildman–Crippen MR) is 157 cm³/mol. The number of benzene rings is 2. The lowest BCUT2D eigenvalue weighted by Crippen LogP contribution is -2.38. The van der Waals surface area contributed by atoms with Crippen molar-refractivity contribution in [1.82, 2.24) is 9.80 Å². The zero-order valence-electron chi connectivity index (χ0n) is 24.7. The second kappa shape index (κ2) is 14.7. The van der Waals surface area contributed by atoms with Crippen molar-refractivity contribution in [3.8, 4) is 17.2 Å². The maximum atomic E-state index is 13.4. The number of aliphatic hydroxyl groups excluding tert-OH is 1. The fourth-order valence-electron chi connectivity index (χ4n) is 4.87. The number of Topliss-reactive ketones (excluding diaryl/α,β-unsaturated/α-hetero) is 1. The van der Waals surface area contributed by atoms with Crippen LogP contribution in [0, 0.1) is 0 Å². The smallest absolute Gasteiger partial charge is 0.295 e. The van der Waals surface area contributed by atoms with Crippen molar-refractivity contribution in [1.29, 1.82) is 0 Å². The largest absolute Gasteiger partial charge is 0.507 e. The quantitative estimate of drug-likeness (QED) is 0.129. The summed E-state index contributed by atoms with van der Waals surface area (Å²) in [5.74, 6) is 0.216. The van der Waals surface area contributed by atoms with Crippen LogP contribution in [-0.4, -0.2) is 72.6 Å². The molecule has 0 saturated carbocycles. The van der Waals surface area contributed by atoms with Crippen LogP contribution in [0.4, 0.5) is 0 Å². The highest BCUT2D eigenvalue weighted by molar-refractivity contribution is 6.46. The number of rotatable bonds is 15. The summed E-state index contributed by atoms with van der Waals surface area (Å²) in [4.78, 5) is 30.5. The minimum absolute atomic E-state index is 0.00385. The normalized spacial score (nSPS) is 16.7. The maximum absolute atomic E-state index is 13.4. The van der Waals surface area contributed by atoms with Crippen molar-refractivity contribution in [2.24, 2.45) is 0 Å². The van der Waals surface area contributed by atoms with Crippen LogP contribution in [-0.2, 0) is 9.59 Å². The van der Waals surface area contributed by atoms with Crippen LogP contribution in [0.5, 0.6) is 17.2 Å². The number of carbonyl (C=O) groups is 2. The minimum Gasteiger partial charge on any atom is -0.507 e. The van der Waals surface area contributed by atoms with Crippen molar-refractivity contribution >= 4 is 17.4 Å². The first-order chi connectivity index (χ1) is 19.2. The van der Waals surface area contributed by atoms with Gasteiger partial charge in [0.05, 0.1) is 31.4 Å². The van der Waals surface area contributed by atoms with Gasteiger partial charge in [0.2, 0.25) is 0 Å². The number of methoxy groups -OCH3 is 1. The number of aliphatic hydroxyl groups is 1. The van der Waals surface area contributed by atoms with E-state index in [-0.39, 0.29) is 17.4 Å². The van der Waals surface area contributed by atoms with Crippen molar-refractivity contribution in [2.45, 2.75) is 66.0 Å². The monoisotopic (exact) mass is 552 g/mol. The number of likely N-dealkylation sites (N-methyl/N-ethyl adjacent to an activating group) is 1. The Kier molecular flexibility index (Phi) is 11.4. The molecule has 1 unspecified atom stereocenters. The van der Waals surface area contributed by atoms with Gasteiger partial charge in [0.25, 0.3) is 11.7 Å². The van der Waals surface area contributed by atoms with Gasteiger partial charge < -0.3 is 29.1 Å². The molecule has 0 bridgehead atoms. The molecular weight excluding hydrogens is 508 g/mol. The van der Waals surface area contributed by atoms with E-state index in [0.29, 0.717) is 48.1 Å². The highest BCUT2D eigenvalue weighted by Gasteiger charge is 2.46. The Hall–Kier alpha value is -3.52. The Balaban J connectivity index is 2.05. The minimum atomic E-state index is -0.773.